The van der Waals surface area contributed by atoms with E-state index in [4.69, 9.17) is 5.84 Å². The van der Waals surface area contributed by atoms with Crippen molar-refractivity contribution in [1.82, 2.24) is 4.90 Å². The van der Waals surface area contributed by atoms with Gasteiger partial charge < -0.3 is 5.84 Å². The average molecular weight is 345 g/mol. The third kappa shape index (κ3) is 3.81. The molecule has 0 aliphatic carbocycles. The summed E-state index contributed by atoms with van der Waals surface area (Å²) in [6.07, 6.45) is 3.84. The van der Waals surface area contributed by atoms with Gasteiger partial charge in [-0.1, -0.05) is 36.1 Å². The fraction of sp³-hybridized carbons (Fsp3) is 0.190. The summed E-state index contributed by atoms with van der Waals surface area (Å²) in [7, 11) is 0. The molecule has 1 aliphatic heterocycles. The van der Waals surface area contributed by atoms with Gasteiger partial charge in [0, 0.05) is 18.5 Å². The second-order valence-corrected chi connectivity index (χ2v) is 5.97. The molecular weight excluding hydrogens is 326 g/mol. The van der Waals surface area contributed by atoms with E-state index in [1.165, 1.54) is 4.90 Å². The highest BCUT2D eigenvalue weighted by Crippen LogP contribution is 2.22. The van der Waals surface area contributed by atoms with E-state index >= 15 is 0 Å². The van der Waals surface area contributed by atoms with Gasteiger partial charge >= 0.3 is 0 Å². The molecule has 0 bridgehead atoms. The van der Waals surface area contributed by atoms with E-state index in [2.05, 4.69) is 16.9 Å². The van der Waals surface area contributed by atoms with E-state index in [-0.39, 0.29) is 11.8 Å². The number of carbonyl (C=O) groups excluding carboxylic acids is 2. The largest absolute Gasteiger partial charge is 0.323 e. The van der Waals surface area contributed by atoms with Gasteiger partial charge in [-0.25, -0.2) is 0 Å². The first kappa shape index (κ1) is 17.4. The number of nitrogens with two attached hydrogens (primary N) is 1. The Hall–Kier alpha value is -3.39. The molecule has 0 unspecified atom stereocenters. The van der Waals surface area contributed by atoms with Crippen molar-refractivity contribution in [2.24, 2.45) is 10.9 Å². The van der Waals surface area contributed by atoms with Crippen molar-refractivity contribution in [3.8, 4) is 11.8 Å². The van der Waals surface area contributed by atoms with Gasteiger partial charge in [0.25, 0.3) is 11.8 Å². The maximum absolute atomic E-state index is 12.3. The standard InChI is InChI=1S/C21H19N3O2/c22-23-15-17-10-7-9-16(14-17)8-3-1-2-6-13-24-20(25)18-11-4-5-12-19(18)21(24)26/h4-5,7,9-12,14-15H,1-2,6,13,22H2. The molecule has 0 saturated carbocycles. The number of hydrogen-bond donors (Lipinski definition) is 1. The number of benzene rings is 2. The molecule has 130 valence electrons. The number of rotatable bonds is 5. The third-order valence-electron chi connectivity index (χ3n) is 4.15. The van der Waals surface area contributed by atoms with Crippen molar-refractivity contribution < 1.29 is 9.59 Å². The van der Waals surface area contributed by atoms with Gasteiger partial charge in [-0.2, -0.15) is 5.10 Å². The number of unbranched alkanes of at least 4 members (excludes halogenated alkanes) is 2. The third-order valence-corrected chi connectivity index (χ3v) is 4.15. The van der Waals surface area contributed by atoms with E-state index in [1.54, 1.807) is 30.5 Å². The summed E-state index contributed by atoms with van der Waals surface area (Å²) < 4.78 is 0. The zero-order valence-electron chi connectivity index (χ0n) is 14.3. The van der Waals surface area contributed by atoms with Gasteiger partial charge in [0.05, 0.1) is 17.3 Å². The zero-order chi connectivity index (χ0) is 18.4. The van der Waals surface area contributed by atoms with Gasteiger partial charge in [0.1, 0.15) is 0 Å². The van der Waals surface area contributed by atoms with E-state index in [9.17, 15) is 9.59 Å². The SMILES string of the molecule is NN=Cc1cccc(C#CCCCCN2C(=O)c3ccccc3C2=O)c1. The number of hydrogen-bond acceptors (Lipinski definition) is 4. The number of nitrogens with zero attached hydrogens (tertiary/aromatic N) is 2. The van der Waals surface area contributed by atoms with Crippen LogP contribution in [0.25, 0.3) is 0 Å². The van der Waals surface area contributed by atoms with Gasteiger partial charge in [-0.15, -0.1) is 0 Å². The van der Waals surface area contributed by atoms with Crippen molar-refractivity contribution in [2.75, 3.05) is 6.54 Å². The van der Waals surface area contributed by atoms with Crippen LogP contribution in [0.2, 0.25) is 0 Å². The Morgan fingerprint density at radius 1 is 1.00 bits per heavy atom. The molecule has 2 N–H and O–H groups in total. The van der Waals surface area contributed by atoms with Crippen molar-refractivity contribution in [3.63, 3.8) is 0 Å². The number of imide groups is 1. The van der Waals surface area contributed by atoms with Crippen LogP contribution in [0.15, 0.2) is 53.6 Å². The minimum absolute atomic E-state index is 0.199. The molecule has 2 amide bonds. The van der Waals surface area contributed by atoms with E-state index < -0.39 is 0 Å². The molecule has 0 saturated heterocycles. The van der Waals surface area contributed by atoms with Gasteiger partial charge in [0.15, 0.2) is 0 Å². The van der Waals surface area contributed by atoms with Crippen molar-refractivity contribution >= 4 is 18.0 Å². The Kier molecular flexibility index (Phi) is 5.45. The second-order valence-electron chi connectivity index (χ2n) is 5.97. The minimum Gasteiger partial charge on any atom is -0.323 e. The first-order chi connectivity index (χ1) is 12.7. The second kappa shape index (κ2) is 8.13. The predicted octanol–water partition coefficient (Wildman–Crippen LogP) is 2.80. The predicted molar refractivity (Wildman–Crippen MR) is 101 cm³/mol. The lowest BCUT2D eigenvalue weighted by Gasteiger charge is -2.12. The van der Waals surface area contributed by atoms with Crippen LogP contribution < -0.4 is 5.84 Å². The summed E-state index contributed by atoms with van der Waals surface area (Å²) in [4.78, 5) is 25.8. The highest BCUT2D eigenvalue weighted by molar-refractivity contribution is 6.21. The molecule has 1 aliphatic rings. The summed E-state index contributed by atoms with van der Waals surface area (Å²) in [5.41, 5.74) is 2.81. The molecule has 5 nitrogen and oxygen atoms in total. The Balaban J connectivity index is 1.48. The van der Waals surface area contributed by atoms with Gasteiger partial charge in [-0.05, 0) is 42.7 Å². The first-order valence-electron chi connectivity index (χ1n) is 8.48. The molecule has 0 fully saturated rings. The molecule has 1 heterocycles. The normalized spacial score (nSPS) is 13.0. The lowest BCUT2D eigenvalue weighted by atomic mass is 10.1. The van der Waals surface area contributed by atoms with Crippen molar-refractivity contribution in [2.45, 2.75) is 19.3 Å². The molecule has 0 spiro atoms. The van der Waals surface area contributed by atoms with Gasteiger partial charge in [0.2, 0.25) is 0 Å². The van der Waals surface area contributed by atoms with Crippen LogP contribution in [-0.2, 0) is 0 Å². The number of fused-ring (bicyclic) bond motifs is 1. The monoisotopic (exact) mass is 345 g/mol. The summed E-state index contributed by atoms with van der Waals surface area (Å²) in [5.74, 6) is 11.0. The average Bonchev–Trinajstić information content (AvgIpc) is 2.90. The Labute approximate surface area is 152 Å². The molecule has 0 atom stereocenters. The van der Waals surface area contributed by atoms with Crippen molar-refractivity contribution in [1.29, 1.82) is 0 Å². The molecule has 5 heteroatoms. The number of amides is 2. The van der Waals surface area contributed by atoms with E-state index in [0.717, 1.165) is 24.0 Å². The maximum Gasteiger partial charge on any atom is 0.261 e. The van der Waals surface area contributed by atoms with Crippen LogP contribution in [0.1, 0.15) is 51.1 Å². The van der Waals surface area contributed by atoms with Gasteiger partial charge in [-0.3, -0.25) is 14.5 Å². The maximum atomic E-state index is 12.3. The molecule has 26 heavy (non-hydrogen) atoms. The van der Waals surface area contributed by atoms with Crippen molar-refractivity contribution in [3.05, 3.63) is 70.8 Å². The summed E-state index contributed by atoms with van der Waals surface area (Å²) in [6, 6.07) is 14.6. The summed E-state index contributed by atoms with van der Waals surface area (Å²) in [6.45, 7) is 0.427. The number of hydrazone groups is 1. The number of carbonyl (C=O) groups is 2. The highest BCUT2D eigenvalue weighted by atomic mass is 16.2. The Bertz CT molecular complexity index is 887. The smallest absolute Gasteiger partial charge is 0.261 e. The zero-order valence-corrected chi connectivity index (χ0v) is 14.3. The topological polar surface area (TPSA) is 75.8 Å². The quantitative estimate of drug-likeness (QED) is 0.226. The molecule has 2 aromatic rings. The Morgan fingerprint density at radius 2 is 1.73 bits per heavy atom. The van der Waals surface area contributed by atoms with Crippen LogP contribution >= 0.6 is 0 Å². The van der Waals surface area contributed by atoms with Crippen LogP contribution in [0, 0.1) is 11.8 Å². The first-order valence-corrected chi connectivity index (χ1v) is 8.48. The molecule has 2 aromatic carbocycles. The summed E-state index contributed by atoms with van der Waals surface area (Å²) in [5, 5.41) is 3.50. The summed E-state index contributed by atoms with van der Waals surface area (Å²) >= 11 is 0. The van der Waals surface area contributed by atoms with E-state index in [0.29, 0.717) is 24.1 Å². The van der Waals surface area contributed by atoms with E-state index in [1.807, 2.05) is 24.3 Å². The van der Waals surface area contributed by atoms with Crippen LogP contribution in [0.4, 0.5) is 0 Å². The van der Waals surface area contributed by atoms with Crippen LogP contribution in [-0.4, -0.2) is 29.5 Å². The lowest BCUT2D eigenvalue weighted by molar-refractivity contribution is 0.0652. The molecule has 0 aromatic heterocycles. The lowest BCUT2D eigenvalue weighted by Crippen LogP contribution is -2.30. The molecule has 3 rings (SSSR count). The Morgan fingerprint density at radius 3 is 2.42 bits per heavy atom. The highest BCUT2D eigenvalue weighted by Gasteiger charge is 2.34. The molecular formula is C21H19N3O2. The fourth-order valence-electron chi connectivity index (χ4n) is 2.87. The van der Waals surface area contributed by atoms with Crippen LogP contribution in [0.3, 0.4) is 0 Å². The minimum atomic E-state index is -0.199. The molecule has 0 radical (unpaired) electrons. The fourth-order valence-corrected chi connectivity index (χ4v) is 2.87. The van der Waals surface area contributed by atoms with Crippen LogP contribution in [0.5, 0.6) is 0 Å².